The molecule has 1 aliphatic heterocycles. The fourth-order valence-electron chi connectivity index (χ4n) is 3.69. The molecule has 0 aromatic heterocycles. The lowest BCUT2D eigenvalue weighted by molar-refractivity contribution is -0.143. The molecule has 0 spiro atoms. The fourth-order valence-corrected chi connectivity index (χ4v) is 3.69. The van der Waals surface area contributed by atoms with E-state index in [0.717, 1.165) is 5.56 Å². The highest BCUT2D eigenvalue weighted by Gasteiger charge is 2.72. The van der Waals surface area contributed by atoms with Crippen LogP contribution in [0.1, 0.15) is 31.0 Å². The van der Waals surface area contributed by atoms with Crippen LogP contribution in [0.4, 0.5) is 0 Å². The van der Waals surface area contributed by atoms with Gasteiger partial charge in [0, 0.05) is 6.54 Å². The molecular weight excluding hydrogens is 264 g/mol. The Hall–Kier alpha value is -1.68. The summed E-state index contributed by atoms with van der Waals surface area (Å²) in [5.41, 5.74) is 2.17. The summed E-state index contributed by atoms with van der Waals surface area (Å²) in [6.45, 7) is 6.48. The number of nitrogens with one attached hydrogen (secondary N) is 1. The third-order valence-electron chi connectivity index (χ3n) is 5.17. The Bertz CT molecular complexity index is 585. The first-order chi connectivity index (χ1) is 9.89. The Kier molecular flexibility index (Phi) is 3.17. The Balaban J connectivity index is 1.79. The van der Waals surface area contributed by atoms with Gasteiger partial charge >= 0.3 is 0 Å². The van der Waals surface area contributed by atoms with Gasteiger partial charge in [-0.15, -0.1) is 0 Å². The highest BCUT2D eigenvalue weighted by atomic mass is 16.2. The molecule has 3 rings (SSSR count). The van der Waals surface area contributed by atoms with E-state index in [4.69, 9.17) is 0 Å². The Morgan fingerprint density at radius 3 is 2.29 bits per heavy atom. The first-order valence-electron chi connectivity index (χ1n) is 7.47. The summed E-state index contributed by atoms with van der Waals surface area (Å²) >= 11 is 0. The van der Waals surface area contributed by atoms with Gasteiger partial charge in [0.25, 0.3) is 0 Å². The lowest BCUT2D eigenvalue weighted by Crippen LogP contribution is -2.41. The molecule has 3 unspecified atom stereocenters. The molecule has 0 radical (unpaired) electrons. The SMILES string of the molecule is CNC(CN1C(=O)C2C(C1=O)C2(C)C)c1ccccc1C. The summed E-state index contributed by atoms with van der Waals surface area (Å²) < 4.78 is 0. The van der Waals surface area contributed by atoms with Crippen LogP contribution in [-0.4, -0.2) is 30.3 Å². The van der Waals surface area contributed by atoms with Gasteiger partial charge in [0.05, 0.1) is 17.9 Å². The number of hydrogen-bond donors (Lipinski definition) is 1. The number of amides is 2. The van der Waals surface area contributed by atoms with Crippen LogP contribution in [0.2, 0.25) is 0 Å². The zero-order valence-electron chi connectivity index (χ0n) is 13.0. The number of likely N-dealkylation sites (tertiary alicyclic amines) is 1. The molecule has 0 bridgehead atoms. The zero-order chi connectivity index (χ0) is 15.4. The molecule has 1 aliphatic carbocycles. The molecule has 112 valence electrons. The number of nitrogens with zero attached hydrogens (tertiary/aromatic N) is 1. The van der Waals surface area contributed by atoms with Crippen molar-refractivity contribution in [2.24, 2.45) is 17.3 Å². The maximum atomic E-state index is 12.4. The van der Waals surface area contributed by atoms with Gasteiger partial charge < -0.3 is 5.32 Å². The lowest BCUT2D eigenvalue weighted by Gasteiger charge is -2.26. The number of benzene rings is 1. The van der Waals surface area contributed by atoms with Crippen LogP contribution >= 0.6 is 0 Å². The van der Waals surface area contributed by atoms with E-state index in [2.05, 4.69) is 5.32 Å². The molecule has 1 saturated carbocycles. The van der Waals surface area contributed by atoms with Gasteiger partial charge in [0.1, 0.15) is 0 Å². The second kappa shape index (κ2) is 4.67. The Morgan fingerprint density at radius 2 is 1.76 bits per heavy atom. The molecule has 4 nitrogen and oxygen atoms in total. The van der Waals surface area contributed by atoms with Crippen molar-refractivity contribution in [1.29, 1.82) is 0 Å². The van der Waals surface area contributed by atoms with E-state index in [1.165, 1.54) is 10.5 Å². The fraction of sp³-hybridized carbons (Fsp3) is 0.529. The molecule has 1 N–H and O–H groups in total. The van der Waals surface area contributed by atoms with Crippen LogP contribution in [0, 0.1) is 24.2 Å². The number of likely N-dealkylation sites (N-methyl/N-ethyl adjacent to an activating group) is 1. The predicted molar refractivity (Wildman–Crippen MR) is 80.5 cm³/mol. The Morgan fingerprint density at radius 1 is 1.19 bits per heavy atom. The molecule has 2 amide bonds. The number of carbonyl (C=O) groups excluding carboxylic acids is 2. The van der Waals surface area contributed by atoms with Gasteiger partial charge in [-0.2, -0.15) is 0 Å². The van der Waals surface area contributed by atoms with E-state index in [0.29, 0.717) is 6.54 Å². The van der Waals surface area contributed by atoms with Crippen LogP contribution in [-0.2, 0) is 9.59 Å². The molecule has 4 heteroatoms. The lowest BCUT2D eigenvalue weighted by atomic mass is 10.00. The molecule has 2 aliphatic rings. The molecule has 1 saturated heterocycles. The van der Waals surface area contributed by atoms with Crippen LogP contribution in [0.25, 0.3) is 0 Å². The second-order valence-corrected chi connectivity index (χ2v) is 6.76. The average molecular weight is 286 g/mol. The average Bonchev–Trinajstić information content (AvgIpc) is 2.91. The third kappa shape index (κ3) is 2.01. The van der Waals surface area contributed by atoms with Crippen LogP contribution < -0.4 is 5.32 Å². The van der Waals surface area contributed by atoms with Gasteiger partial charge in [-0.1, -0.05) is 38.1 Å². The minimum atomic E-state index is -0.136. The van der Waals surface area contributed by atoms with Crippen molar-refractivity contribution >= 4 is 11.8 Å². The van der Waals surface area contributed by atoms with Crippen molar-refractivity contribution in [3.63, 3.8) is 0 Å². The summed E-state index contributed by atoms with van der Waals surface area (Å²) in [4.78, 5) is 26.3. The standard InChI is InChI=1S/C17H22N2O2/c1-10-7-5-6-8-11(10)12(18-4)9-19-15(20)13-14(16(19)21)17(13,2)3/h5-8,12-14,18H,9H2,1-4H3. The van der Waals surface area contributed by atoms with Gasteiger partial charge in [0.15, 0.2) is 0 Å². The smallest absolute Gasteiger partial charge is 0.233 e. The maximum Gasteiger partial charge on any atom is 0.233 e. The molecule has 1 aromatic rings. The number of fused-ring (bicyclic) bond motifs is 1. The number of aryl methyl sites for hydroxylation is 1. The van der Waals surface area contributed by atoms with E-state index < -0.39 is 0 Å². The van der Waals surface area contributed by atoms with Gasteiger partial charge in [0.2, 0.25) is 11.8 Å². The highest BCUT2D eigenvalue weighted by molar-refractivity contribution is 6.10. The van der Waals surface area contributed by atoms with Crippen LogP contribution in [0.3, 0.4) is 0 Å². The Labute approximate surface area is 125 Å². The van der Waals surface area contributed by atoms with Crippen molar-refractivity contribution in [1.82, 2.24) is 10.2 Å². The molecule has 21 heavy (non-hydrogen) atoms. The van der Waals surface area contributed by atoms with Crippen molar-refractivity contribution < 1.29 is 9.59 Å². The molecular formula is C17H22N2O2. The van der Waals surface area contributed by atoms with Crippen LogP contribution in [0.5, 0.6) is 0 Å². The number of imide groups is 1. The first-order valence-corrected chi connectivity index (χ1v) is 7.47. The number of hydrogen-bond acceptors (Lipinski definition) is 3. The number of rotatable bonds is 4. The quantitative estimate of drug-likeness (QED) is 0.860. The largest absolute Gasteiger partial charge is 0.312 e. The summed E-state index contributed by atoms with van der Waals surface area (Å²) in [5, 5.41) is 3.23. The summed E-state index contributed by atoms with van der Waals surface area (Å²) in [5.74, 6) is -0.188. The van der Waals surface area contributed by atoms with Gasteiger partial charge in [-0.25, -0.2) is 0 Å². The topological polar surface area (TPSA) is 49.4 Å². The summed E-state index contributed by atoms with van der Waals surface area (Å²) in [7, 11) is 1.87. The summed E-state index contributed by atoms with van der Waals surface area (Å²) in [6.07, 6.45) is 0. The zero-order valence-corrected chi connectivity index (χ0v) is 13.0. The number of piperidine rings is 1. The highest BCUT2D eigenvalue weighted by Crippen LogP contribution is 2.63. The van der Waals surface area contributed by atoms with Crippen molar-refractivity contribution in [3.8, 4) is 0 Å². The maximum absolute atomic E-state index is 12.4. The van der Waals surface area contributed by atoms with Crippen LogP contribution in [0.15, 0.2) is 24.3 Å². The van der Waals surface area contributed by atoms with Crippen molar-refractivity contribution in [2.75, 3.05) is 13.6 Å². The van der Waals surface area contributed by atoms with E-state index in [9.17, 15) is 9.59 Å². The summed E-state index contributed by atoms with van der Waals surface area (Å²) in [6, 6.07) is 8.07. The van der Waals surface area contributed by atoms with Crippen molar-refractivity contribution in [3.05, 3.63) is 35.4 Å². The minimum Gasteiger partial charge on any atom is -0.312 e. The normalized spacial score (nSPS) is 27.7. The third-order valence-corrected chi connectivity index (χ3v) is 5.17. The minimum absolute atomic E-state index is 0.00355. The van der Waals surface area contributed by atoms with E-state index >= 15 is 0 Å². The van der Waals surface area contributed by atoms with Gasteiger partial charge in [-0.3, -0.25) is 14.5 Å². The molecule has 1 heterocycles. The van der Waals surface area contributed by atoms with Crippen molar-refractivity contribution in [2.45, 2.75) is 26.8 Å². The number of carbonyl (C=O) groups is 2. The first kappa shape index (κ1) is 14.3. The monoisotopic (exact) mass is 286 g/mol. The van der Waals surface area contributed by atoms with E-state index in [-0.39, 0.29) is 35.1 Å². The molecule has 1 aromatic carbocycles. The van der Waals surface area contributed by atoms with Gasteiger partial charge in [-0.05, 0) is 30.5 Å². The predicted octanol–water partition coefficient (Wildman–Crippen LogP) is 1.90. The second-order valence-electron chi connectivity index (χ2n) is 6.76. The molecule has 3 atom stereocenters. The van der Waals surface area contributed by atoms with E-state index in [1.54, 1.807) is 0 Å². The van der Waals surface area contributed by atoms with E-state index in [1.807, 2.05) is 52.1 Å². The molecule has 2 fully saturated rings.